The number of fused-ring (bicyclic) bond motifs is 2. The van der Waals surface area contributed by atoms with Gasteiger partial charge in [0.25, 0.3) is 0 Å². The lowest BCUT2D eigenvalue weighted by Gasteiger charge is -2.43. The van der Waals surface area contributed by atoms with Gasteiger partial charge in [-0.2, -0.15) is 0 Å². The number of cyclic esters (lactones) is 1. The summed E-state index contributed by atoms with van der Waals surface area (Å²) >= 11 is 0. The molecule has 0 spiro atoms. The van der Waals surface area contributed by atoms with Crippen LogP contribution in [0.15, 0.2) is 60.7 Å². The summed E-state index contributed by atoms with van der Waals surface area (Å²) in [7, 11) is 1.41. The Hall–Kier alpha value is -6.57. The second-order valence-corrected chi connectivity index (χ2v) is 17.9. The third-order valence-corrected chi connectivity index (χ3v) is 11.6. The molecule has 0 radical (unpaired) electrons. The Morgan fingerprint density at radius 2 is 1.34 bits per heavy atom. The van der Waals surface area contributed by atoms with E-state index in [1.807, 2.05) is 13.8 Å². The zero-order valence-electron chi connectivity index (χ0n) is 39.6. The number of ether oxygens (including phenoxy) is 2. The Labute approximate surface area is 391 Å². The normalized spacial score (nSPS) is 25.6. The summed E-state index contributed by atoms with van der Waals surface area (Å²) < 4.78 is 11.0. The van der Waals surface area contributed by atoms with E-state index in [1.54, 1.807) is 74.5 Å². The number of amides is 8. The van der Waals surface area contributed by atoms with E-state index < -0.39 is 120 Å². The SMILES string of the molecule is CC(C)C[C@H]1C(=O)N(C)[C@@H](Cc2ccccc2)C(=O)N[C@@H](C(C)C)C(=O)O[C@H](C)[C@H](NC(=O)[C@H](C)NC(=O)C(C)NC(=O)OCc2ccccc2)C(=O)N[C@@H](C)C(=O)N[C@H]2CC[C@@H](O)N1C2=O. The third kappa shape index (κ3) is 14.7. The minimum Gasteiger partial charge on any atom is -0.458 e. The minimum absolute atomic E-state index is 0.00471. The fourth-order valence-electron chi connectivity index (χ4n) is 7.63. The van der Waals surface area contributed by atoms with Crippen molar-refractivity contribution >= 4 is 53.4 Å². The average Bonchev–Trinajstić information content (AvgIpc) is 3.28. The van der Waals surface area contributed by atoms with Gasteiger partial charge in [-0.15, -0.1) is 0 Å². The van der Waals surface area contributed by atoms with Crippen molar-refractivity contribution in [2.24, 2.45) is 11.8 Å². The molecule has 4 rings (SSSR count). The monoisotopic (exact) mass is 934 g/mol. The van der Waals surface area contributed by atoms with E-state index in [2.05, 4.69) is 31.9 Å². The van der Waals surface area contributed by atoms with Gasteiger partial charge in [0.05, 0.1) is 0 Å². The van der Waals surface area contributed by atoms with Crippen LogP contribution in [0.3, 0.4) is 0 Å². The van der Waals surface area contributed by atoms with Crippen LogP contribution in [0.4, 0.5) is 4.79 Å². The topological polar surface area (TPSA) is 271 Å². The van der Waals surface area contributed by atoms with Crippen molar-refractivity contribution in [1.29, 1.82) is 0 Å². The van der Waals surface area contributed by atoms with Crippen molar-refractivity contribution in [2.45, 2.75) is 148 Å². The minimum atomic E-state index is -1.70. The van der Waals surface area contributed by atoms with E-state index >= 15 is 0 Å². The van der Waals surface area contributed by atoms with Crippen LogP contribution in [0.2, 0.25) is 0 Å². The molecular weight excluding hydrogens is 869 g/mol. The fraction of sp³-hybridized carbons (Fsp3) is 0.553. The quantitative estimate of drug-likeness (QED) is 0.146. The number of hydrogen-bond donors (Lipinski definition) is 7. The number of carbonyl (C=O) groups excluding carboxylic acids is 9. The maximum atomic E-state index is 14.6. The molecule has 7 N–H and O–H groups in total. The van der Waals surface area contributed by atoms with Gasteiger partial charge in [0, 0.05) is 13.5 Å². The number of benzene rings is 2. The predicted octanol–water partition coefficient (Wildman–Crippen LogP) is 0.792. The molecule has 366 valence electrons. The molecule has 10 atom stereocenters. The number of rotatable bonds is 12. The average molecular weight is 935 g/mol. The summed E-state index contributed by atoms with van der Waals surface area (Å²) in [5.41, 5.74) is 1.39. The Kier molecular flexibility index (Phi) is 19.2. The van der Waals surface area contributed by atoms with E-state index in [9.17, 15) is 48.3 Å². The van der Waals surface area contributed by atoms with Crippen molar-refractivity contribution < 1.29 is 57.7 Å². The van der Waals surface area contributed by atoms with Crippen molar-refractivity contribution in [1.82, 2.24) is 41.7 Å². The van der Waals surface area contributed by atoms with Crippen LogP contribution in [0.5, 0.6) is 0 Å². The number of aliphatic hydroxyl groups is 1. The van der Waals surface area contributed by atoms with Crippen LogP contribution < -0.4 is 31.9 Å². The highest BCUT2D eigenvalue weighted by atomic mass is 16.6. The molecular formula is C47H66N8O12. The summed E-state index contributed by atoms with van der Waals surface area (Å²) in [5, 5.41) is 26.5. The van der Waals surface area contributed by atoms with Crippen molar-refractivity contribution in [3.63, 3.8) is 0 Å². The number of piperidine rings is 1. The maximum Gasteiger partial charge on any atom is 0.408 e. The number of aliphatic hydroxyl groups excluding tert-OH is 1. The lowest BCUT2D eigenvalue weighted by atomic mass is 9.94. The van der Waals surface area contributed by atoms with Crippen LogP contribution >= 0.6 is 0 Å². The van der Waals surface area contributed by atoms with Crippen LogP contribution in [0.1, 0.15) is 85.8 Å². The number of nitrogens with one attached hydrogen (secondary N) is 6. The molecule has 2 aromatic carbocycles. The Morgan fingerprint density at radius 1 is 0.746 bits per heavy atom. The zero-order valence-corrected chi connectivity index (χ0v) is 39.6. The molecule has 20 heteroatoms. The van der Waals surface area contributed by atoms with Gasteiger partial charge in [-0.1, -0.05) is 88.4 Å². The maximum absolute atomic E-state index is 14.6. The first-order chi connectivity index (χ1) is 31.6. The molecule has 2 fully saturated rings. The molecule has 0 aliphatic carbocycles. The molecule has 2 aliphatic heterocycles. The molecule has 20 nitrogen and oxygen atoms in total. The van der Waals surface area contributed by atoms with Gasteiger partial charge in [-0.25, -0.2) is 9.59 Å². The van der Waals surface area contributed by atoms with Gasteiger partial charge in [-0.05, 0) is 69.9 Å². The first kappa shape index (κ1) is 53.0. The van der Waals surface area contributed by atoms with E-state index in [0.717, 1.165) is 10.5 Å². The molecule has 2 aromatic rings. The number of nitrogens with zero attached hydrogens (tertiary/aromatic N) is 2. The summed E-state index contributed by atoms with van der Waals surface area (Å²) in [4.78, 5) is 126. The van der Waals surface area contributed by atoms with E-state index in [0.29, 0.717) is 5.56 Å². The summed E-state index contributed by atoms with van der Waals surface area (Å²) in [6.45, 7) is 12.2. The standard InChI is InChI=1S/C47H66N8O12/c1-25(2)22-35-45(63)54(9)34(23-31-16-12-10-13-17-31)42(60)52-37(26(3)4)46(64)67-30(8)38(43(61)49-27(5)40(58)51-33-20-21-36(56)55(35)44(33)62)53-41(59)28(6)48-39(57)29(7)50-47(65)66-24-32-18-14-11-15-19-32/h10-19,25-30,33-38,56H,20-24H2,1-9H3,(H,48,57)(H,49,61)(H,50,65)(H,51,58)(H,52,60)(H,53,59)/t27-,28-,29?,30+,33-,34-,35-,36+,37-,38-/m0/s1. The highest BCUT2D eigenvalue weighted by Crippen LogP contribution is 2.26. The van der Waals surface area contributed by atoms with Crippen molar-refractivity contribution in [3.05, 3.63) is 71.8 Å². The van der Waals surface area contributed by atoms with Gasteiger partial charge < -0.3 is 56.3 Å². The lowest BCUT2D eigenvalue weighted by Crippen LogP contribution is -2.65. The van der Waals surface area contributed by atoms with Crippen LogP contribution in [-0.2, 0) is 60.9 Å². The predicted molar refractivity (Wildman–Crippen MR) is 243 cm³/mol. The molecule has 67 heavy (non-hydrogen) atoms. The molecule has 2 aliphatic rings. The highest BCUT2D eigenvalue weighted by Gasteiger charge is 2.45. The summed E-state index contributed by atoms with van der Waals surface area (Å²) in [6.07, 6.45) is -3.70. The van der Waals surface area contributed by atoms with Crippen LogP contribution in [0.25, 0.3) is 0 Å². The molecule has 2 bridgehead atoms. The van der Waals surface area contributed by atoms with Gasteiger partial charge in [-0.3, -0.25) is 33.6 Å². The van der Waals surface area contributed by atoms with Gasteiger partial charge >= 0.3 is 12.1 Å². The van der Waals surface area contributed by atoms with E-state index in [1.165, 1.54) is 39.6 Å². The number of likely N-dealkylation sites (N-methyl/N-ethyl adjacent to an activating group) is 1. The first-order valence-corrected chi connectivity index (χ1v) is 22.6. The zero-order chi connectivity index (χ0) is 49.7. The van der Waals surface area contributed by atoms with Crippen LogP contribution in [-0.4, -0.2) is 136 Å². The highest BCUT2D eigenvalue weighted by molar-refractivity contribution is 5.98. The smallest absolute Gasteiger partial charge is 0.408 e. The van der Waals surface area contributed by atoms with E-state index in [4.69, 9.17) is 9.47 Å². The fourth-order valence-corrected chi connectivity index (χ4v) is 7.63. The van der Waals surface area contributed by atoms with Crippen LogP contribution in [0, 0.1) is 11.8 Å². The second kappa shape index (κ2) is 24.3. The Balaban J connectivity index is 1.65. The summed E-state index contributed by atoms with van der Waals surface area (Å²) in [6, 6.07) is 7.07. The molecule has 8 amide bonds. The largest absolute Gasteiger partial charge is 0.458 e. The van der Waals surface area contributed by atoms with Gasteiger partial charge in [0.15, 0.2) is 0 Å². The third-order valence-electron chi connectivity index (χ3n) is 11.6. The lowest BCUT2D eigenvalue weighted by molar-refractivity contribution is -0.166. The molecule has 0 aromatic heterocycles. The summed E-state index contributed by atoms with van der Waals surface area (Å²) in [5.74, 6) is -7.44. The number of hydrogen-bond acceptors (Lipinski definition) is 12. The Bertz CT molecular complexity index is 2090. The molecule has 2 saturated heterocycles. The van der Waals surface area contributed by atoms with E-state index in [-0.39, 0.29) is 38.2 Å². The molecule has 0 saturated carbocycles. The van der Waals surface area contributed by atoms with Crippen molar-refractivity contribution in [2.75, 3.05) is 7.05 Å². The first-order valence-electron chi connectivity index (χ1n) is 22.6. The molecule has 1 unspecified atom stereocenters. The number of carbonyl (C=O) groups is 9. The van der Waals surface area contributed by atoms with Crippen molar-refractivity contribution in [3.8, 4) is 0 Å². The Morgan fingerprint density at radius 3 is 1.94 bits per heavy atom. The van der Waals surface area contributed by atoms with Gasteiger partial charge in [0.2, 0.25) is 41.4 Å². The molecule has 2 heterocycles. The number of esters is 1. The second-order valence-electron chi connectivity index (χ2n) is 17.9. The number of alkyl carbamates (subject to hydrolysis) is 1. The van der Waals surface area contributed by atoms with Gasteiger partial charge in [0.1, 0.15) is 67.3 Å².